The number of carbonyl (C=O) groups is 3. The summed E-state index contributed by atoms with van der Waals surface area (Å²) in [6.45, 7) is 3.07. The van der Waals surface area contributed by atoms with E-state index < -0.39 is 24.3 Å². The van der Waals surface area contributed by atoms with Gasteiger partial charge in [0.2, 0.25) is 0 Å². The quantitative estimate of drug-likeness (QED) is 0.387. The first-order valence-electron chi connectivity index (χ1n) is 10.9. The highest BCUT2D eigenvalue weighted by Crippen LogP contribution is 2.27. The summed E-state index contributed by atoms with van der Waals surface area (Å²) < 4.78 is 71.1. The highest BCUT2D eigenvalue weighted by molar-refractivity contribution is 5.92. The normalized spacial score (nSPS) is 14.9. The molecule has 18 heteroatoms. The molecular weight excluding hydrogens is 546 g/mol. The van der Waals surface area contributed by atoms with E-state index in [1.807, 2.05) is 27.2 Å². The Morgan fingerprint density at radius 1 is 1.08 bits per heavy atom. The van der Waals surface area contributed by atoms with Gasteiger partial charge in [-0.1, -0.05) is 11.3 Å². The minimum absolute atomic E-state index is 0.0542. The van der Waals surface area contributed by atoms with Gasteiger partial charge >= 0.3 is 24.3 Å². The Labute approximate surface area is 217 Å². The minimum Gasteiger partial charge on any atom is -0.475 e. The van der Waals surface area contributed by atoms with Crippen molar-refractivity contribution in [1.82, 2.24) is 29.8 Å². The lowest BCUT2D eigenvalue weighted by atomic mass is 9.98. The maximum Gasteiger partial charge on any atom is 0.490 e. The van der Waals surface area contributed by atoms with Crippen LogP contribution in [0.1, 0.15) is 27.8 Å². The van der Waals surface area contributed by atoms with Crippen LogP contribution in [0.2, 0.25) is 0 Å². The topological polar surface area (TPSA) is 151 Å². The smallest absolute Gasteiger partial charge is 0.475 e. The van der Waals surface area contributed by atoms with Crippen LogP contribution in [0.3, 0.4) is 0 Å². The van der Waals surface area contributed by atoms with Crippen LogP contribution < -0.4 is 0 Å². The van der Waals surface area contributed by atoms with E-state index in [2.05, 4.69) is 20.2 Å². The number of carboxylic acids is 2. The Bertz CT molecular complexity index is 1070. The van der Waals surface area contributed by atoms with Crippen LogP contribution in [0, 0.1) is 0 Å². The Morgan fingerprint density at radius 3 is 2.10 bits per heavy atom. The first-order chi connectivity index (χ1) is 17.9. The SMILES string of the molecule is CN(C)CCOCC1CN(C(=O)c2ccccn2)Cc2nnn(C)c21.O=C(O)C(F)(F)F.O=C(O)C(F)(F)F. The van der Waals surface area contributed by atoms with Gasteiger partial charge in [-0.05, 0) is 26.2 Å². The fourth-order valence-corrected chi connectivity index (χ4v) is 3.03. The Balaban J connectivity index is 0.000000449. The highest BCUT2D eigenvalue weighted by Gasteiger charge is 2.39. The molecule has 3 rings (SSSR count). The molecule has 1 atom stereocenters. The number of pyridine rings is 1. The average Bonchev–Trinajstić information content (AvgIpc) is 3.22. The number of rotatable bonds is 6. The van der Waals surface area contributed by atoms with Crippen molar-refractivity contribution in [1.29, 1.82) is 0 Å². The molecule has 218 valence electrons. The molecule has 2 N–H and O–H groups in total. The lowest BCUT2D eigenvalue weighted by Crippen LogP contribution is -2.40. The lowest BCUT2D eigenvalue weighted by Gasteiger charge is -2.32. The van der Waals surface area contributed by atoms with Gasteiger partial charge in [-0.25, -0.2) is 9.59 Å². The molecule has 1 amide bonds. The molecule has 0 fully saturated rings. The number of nitrogens with zero attached hydrogens (tertiary/aromatic N) is 6. The Kier molecular flexibility index (Phi) is 12.3. The standard InChI is InChI=1S/C17H24N6O2.2C2HF3O2/c1-21(2)8-9-25-12-13-10-23(11-15-16(13)22(3)20-19-15)17(24)14-6-4-5-7-18-14;2*3-2(4,5)1(6)7/h4-7,13H,8-12H2,1-3H3;2*(H,6,7). The number of aliphatic carboxylic acids is 2. The first-order valence-corrected chi connectivity index (χ1v) is 10.9. The zero-order chi connectivity index (χ0) is 30.0. The number of aromatic nitrogens is 4. The van der Waals surface area contributed by atoms with E-state index in [4.69, 9.17) is 24.5 Å². The second kappa shape index (κ2) is 14.4. The summed E-state index contributed by atoms with van der Waals surface area (Å²) >= 11 is 0. The second-order valence-electron chi connectivity index (χ2n) is 8.13. The van der Waals surface area contributed by atoms with Crippen LogP contribution in [-0.2, 0) is 27.9 Å². The van der Waals surface area contributed by atoms with Crippen molar-refractivity contribution in [3.8, 4) is 0 Å². The number of carbonyl (C=O) groups excluding carboxylic acids is 1. The molecule has 0 saturated carbocycles. The largest absolute Gasteiger partial charge is 0.490 e. The molecular formula is C21H26F6N6O6. The molecule has 0 aliphatic carbocycles. The molecule has 1 unspecified atom stereocenters. The van der Waals surface area contributed by atoms with Crippen molar-refractivity contribution in [3.05, 3.63) is 41.5 Å². The van der Waals surface area contributed by atoms with Crippen molar-refractivity contribution in [2.24, 2.45) is 7.05 Å². The molecule has 0 radical (unpaired) electrons. The molecule has 3 heterocycles. The first kappa shape index (κ1) is 33.2. The van der Waals surface area contributed by atoms with Gasteiger partial charge in [0.15, 0.2) is 0 Å². The fourth-order valence-electron chi connectivity index (χ4n) is 3.03. The molecule has 1 aliphatic heterocycles. The zero-order valence-electron chi connectivity index (χ0n) is 20.9. The fraction of sp³-hybridized carbons (Fsp3) is 0.524. The maximum absolute atomic E-state index is 12.7. The van der Waals surface area contributed by atoms with Gasteiger partial charge in [-0.15, -0.1) is 5.10 Å². The Hall–Kier alpha value is -3.80. The van der Waals surface area contributed by atoms with E-state index in [0.717, 1.165) is 17.9 Å². The van der Waals surface area contributed by atoms with Gasteiger partial charge in [0.05, 0.1) is 25.5 Å². The van der Waals surface area contributed by atoms with Gasteiger partial charge in [0.25, 0.3) is 5.91 Å². The summed E-state index contributed by atoms with van der Waals surface area (Å²) in [7, 11) is 5.91. The van der Waals surface area contributed by atoms with Crippen molar-refractivity contribution in [2.45, 2.75) is 24.8 Å². The number of aryl methyl sites for hydroxylation is 1. The van der Waals surface area contributed by atoms with Crippen LogP contribution in [0.5, 0.6) is 0 Å². The van der Waals surface area contributed by atoms with E-state index in [1.165, 1.54) is 0 Å². The van der Waals surface area contributed by atoms with Gasteiger partial charge < -0.3 is 24.7 Å². The number of fused-ring (bicyclic) bond motifs is 1. The molecule has 2 aromatic rings. The second-order valence-corrected chi connectivity index (χ2v) is 8.13. The van der Waals surface area contributed by atoms with E-state index in [9.17, 15) is 31.1 Å². The van der Waals surface area contributed by atoms with E-state index >= 15 is 0 Å². The molecule has 2 aromatic heterocycles. The third-order valence-electron chi connectivity index (χ3n) is 4.77. The predicted octanol–water partition coefficient (Wildman–Crippen LogP) is 1.79. The number of likely N-dealkylation sites (N-methyl/N-ethyl adjacent to an activating group) is 1. The summed E-state index contributed by atoms with van der Waals surface area (Å²) in [6, 6.07) is 5.35. The summed E-state index contributed by atoms with van der Waals surface area (Å²) in [5, 5.41) is 22.6. The van der Waals surface area contributed by atoms with Gasteiger partial charge in [0, 0.05) is 32.3 Å². The molecule has 0 spiro atoms. The van der Waals surface area contributed by atoms with Crippen molar-refractivity contribution in [2.75, 3.05) is 40.4 Å². The molecule has 0 bridgehead atoms. The average molecular weight is 572 g/mol. The predicted molar refractivity (Wildman–Crippen MR) is 119 cm³/mol. The van der Waals surface area contributed by atoms with E-state index in [0.29, 0.717) is 32.0 Å². The minimum atomic E-state index is -5.08. The van der Waals surface area contributed by atoms with Gasteiger partial charge in [-0.2, -0.15) is 26.3 Å². The van der Waals surface area contributed by atoms with Crippen LogP contribution in [0.15, 0.2) is 24.4 Å². The van der Waals surface area contributed by atoms with E-state index in [1.54, 1.807) is 27.9 Å². The number of amides is 1. The highest BCUT2D eigenvalue weighted by atomic mass is 19.4. The molecule has 0 saturated heterocycles. The summed E-state index contributed by atoms with van der Waals surface area (Å²) in [5.74, 6) is -5.55. The molecule has 0 aromatic carbocycles. The number of alkyl halides is 6. The molecule has 39 heavy (non-hydrogen) atoms. The maximum atomic E-state index is 12.7. The third-order valence-corrected chi connectivity index (χ3v) is 4.77. The molecule has 1 aliphatic rings. The van der Waals surface area contributed by atoms with Crippen molar-refractivity contribution < 1.29 is 55.7 Å². The van der Waals surface area contributed by atoms with Crippen molar-refractivity contribution in [3.63, 3.8) is 0 Å². The number of hydrogen-bond acceptors (Lipinski definition) is 8. The van der Waals surface area contributed by atoms with Crippen LogP contribution in [0.4, 0.5) is 26.3 Å². The summed E-state index contributed by atoms with van der Waals surface area (Å²) in [6.07, 6.45) is -8.53. The van der Waals surface area contributed by atoms with Gasteiger partial charge in [-0.3, -0.25) is 14.5 Å². The summed E-state index contributed by atoms with van der Waals surface area (Å²) in [4.78, 5) is 38.6. The van der Waals surface area contributed by atoms with E-state index in [-0.39, 0.29) is 11.8 Å². The number of carboxylic acid groups (broad SMARTS) is 2. The van der Waals surface area contributed by atoms with Crippen molar-refractivity contribution >= 4 is 17.8 Å². The number of halogens is 6. The Morgan fingerprint density at radius 2 is 1.64 bits per heavy atom. The third kappa shape index (κ3) is 11.2. The molecule has 12 nitrogen and oxygen atoms in total. The summed E-state index contributed by atoms with van der Waals surface area (Å²) in [5.41, 5.74) is 2.33. The van der Waals surface area contributed by atoms with Crippen LogP contribution >= 0.6 is 0 Å². The zero-order valence-corrected chi connectivity index (χ0v) is 20.9. The van der Waals surface area contributed by atoms with Gasteiger partial charge in [0.1, 0.15) is 11.4 Å². The lowest BCUT2D eigenvalue weighted by molar-refractivity contribution is -0.193. The number of hydrogen-bond donors (Lipinski definition) is 2. The number of ether oxygens (including phenoxy) is 1. The van der Waals surface area contributed by atoms with Crippen LogP contribution in [0.25, 0.3) is 0 Å². The van der Waals surface area contributed by atoms with Crippen LogP contribution in [-0.4, -0.2) is 111 Å². The monoisotopic (exact) mass is 572 g/mol.